The molecule has 23 heteroatoms. The van der Waals surface area contributed by atoms with Crippen LogP contribution >= 0.6 is 0 Å². The van der Waals surface area contributed by atoms with Gasteiger partial charge in [-0.1, -0.05) is 64.4 Å². The van der Waals surface area contributed by atoms with Crippen LogP contribution in [0.4, 0.5) is 0 Å². The summed E-state index contributed by atoms with van der Waals surface area (Å²) in [5.41, 5.74) is 17.1. The lowest BCUT2D eigenvalue weighted by Gasteiger charge is -2.29. The molecule has 1 fully saturated rings. The molecule has 0 aliphatic carbocycles. The van der Waals surface area contributed by atoms with E-state index >= 15 is 0 Å². The van der Waals surface area contributed by atoms with Crippen LogP contribution in [0, 0.1) is 11.8 Å². The van der Waals surface area contributed by atoms with E-state index in [1.54, 1.807) is 58.0 Å². The van der Waals surface area contributed by atoms with Gasteiger partial charge >= 0.3 is 11.9 Å². The van der Waals surface area contributed by atoms with Crippen molar-refractivity contribution in [2.45, 2.75) is 154 Å². The number of aliphatic carboxylic acids is 2. The van der Waals surface area contributed by atoms with Crippen molar-refractivity contribution in [3.05, 3.63) is 35.9 Å². The van der Waals surface area contributed by atoms with Gasteiger partial charge in [0, 0.05) is 13.0 Å². The second-order valence-electron chi connectivity index (χ2n) is 17.5. The van der Waals surface area contributed by atoms with Gasteiger partial charge in [-0.25, -0.2) is 4.79 Å². The molecule has 1 aliphatic rings. The minimum Gasteiger partial charge on any atom is -0.481 e. The van der Waals surface area contributed by atoms with Crippen molar-refractivity contribution in [1.82, 2.24) is 42.5 Å². The molecule has 380 valence electrons. The van der Waals surface area contributed by atoms with Crippen molar-refractivity contribution < 1.29 is 53.4 Å². The molecule has 0 spiro atoms. The summed E-state index contributed by atoms with van der Waals surface area (Å²) in [7, 11) is 0. The molecular weight excluding hydrogens is 885 g/mol. The third-order valence-corrected chi connectivity index (χ3v) is 11.3. The predicted octanol–water partition coefficient (Wildman–Crippen LogP) is -1.77. The smallest absolute Gasteiger partial charge is 0.326 e. The average molecular weight is 959 g/mol. The fourth-order valence-electron chi connectivity index (χ4n) is 7.29. The third-order valence-electron chi connectivity index (χ3n) is 11.3. The Labute approximate surface area is 397 Å². The molecule has 1 heterocycles. The highest BCUT2D eigenvalue weighted by atomic mass is 16.4. The highest BCUT2D eigenvalue weighted by Gasteiger charge is 2.36. The summed E-state index contributed by atoms with van der Waals surface area (Å²) < 4.78 is 0. The van der Waals surface area contributed by atoms with Gasteiger partial charge in [-0.05, 0) is 88.8 Å². The molecule has 1 aromatic rings. The van der Waals surface area contributed by atoms with Crippen LogP contribution < -0.4 is 59.7 Å². The van der Waals surface area contributed by atoms with E-state index in [0.717, 1.165) is 6.42 Å². The highest BCUT2D eigenvalue weighted by molar-refractivity contribution is 5.98. The Morgan fingerprint density at radius 3 is 1.87 bits per heavy atom. The third kappa shape index (κ3) is 21.1. The van der Waals surface area contributed by atoms with Crippen LogP contribution in [0.25, 0.3) is 0 Å². The second kappa shape index (κ2) is 30.1. The molecule has 16 N–H and O–H groups in total. The number of benzene rings is 1. The normalized spacial score (nSPS) is 16.8. The predicted molar refractivity (Wildman–Crippen MR) is 252 cm³/mol. The molecule has 7 amide bonds. The Kier molecular flexibility index (Phi) is 25.6. The second-order valence-corrected chi connectivity index (χ2v) is 17.5. The molecule has 0 aromatic heterocycles. The lowest BCUT2D eigenvalue weighted by Crippen LogP contribution is -2.60. The van der Waals surface area contributed by atoms with Gasteiger partial charge in [0.2, 0.25) is 41.4 Å². The van der Waals surface area contributed by atoms with Gasteiger partial charge in [0.1, 0.15) is 42.3 Å². The lowest BCUT2D eigenvalue weighted by molar-refractivity contribution is -0.142. The van der Waals surface area contributed by atoms with E-state index in [4.69, 9.17) is 17.2 Å². The number of unbranched alkanes of at least 4 members (excludes halogenated alkanes) is 1. The van der Waals surface area contributed by atoms with Crippen LogP contribution in [-0.4, -0.2) is 137 Å². The van der Waals surface area contributed by atoms with Crippen LogP contribution in [0.3, 0.4) is 0 Å². The number of carboxylic acid groups (broad SMARTS) is 2. The summed E-state index contributed by atoms with van der Waals surface area (Å²) >= 11 is 0. The van der Waals surface area contributed by atoms with Crippen LogP contribution in [0.5, 0.6) is 0 Å². The maximum Gasteiger partial charge on any atom is 0.326 e. The summed E-state index contributed by atoms with van der Waals surface area (Å²) in [6.07, 6.45) is 2.17. The number of carbonyl (C=O) groups is 9. The zero-order valence-electron chi connectivity index (χ0n) is 39.8. The molecule has 1 aromatic carbocycles. The van der Waals surface area contributed by atoms with Crippen molar-refractivity contribution >= 4 is 59.2 Å². The number of carboxylic acids is 2. The van der Waals surface area contributed by atoms with E-state index < -0.39 is 114 Å². The molecule has 23 nitrogen and oxygen atoms in total. The Morgan fingerprint density at radius 2 is 1.29 bits per heavy atom. The van der Waals surface area contributed by atoms with Crippen molar-refractivity contribution in [3.63, 3.8) is 0 Å². The molecule has 0 saturated carbocycles. The number of amides is 7. The number of hydrogen-bond donors (Lipinski definition) is 13. The van der Waals surface area contributed by atoms with Crippen LogP contribution in [0.1, 0.15) is 104 Å². The minimum atomic E-state index is -1.68. The number of nitrogens with zero attached hydrogens (tertiary/aromatic N) is 1. The van der Waals surface area contributed by atoms with E-state index in [-0.39, 0.29) is 50.5 Å². The molecule has 0 bridgehead atoms. The minimum absolute atomic E-state index is 0.0000534. The fourth-order valence-corrected chi connectivity index (χ4v) is 7.29. The summed E-state index contributed by atoms with van der Waals surface area (Å²) in [5.74, 6) is -9.03. The number of nitrogens with two attached hydrogens (primary N) is 3. The van der Waals surface area contributed by atoms with Crippen molar-refractivity contribution in [1.29, 1.82) is 0 Å². The summed E-state index contributed by atoms with van der Waals surface area (Å²) in [6.45, 7) is 9.40. The summed E-state index contributed by atoms with van der Waals surface area (Å²) in [5, 5.41) is 40.6. The number of nitrogens with one attached hydrogen (secondary N) is 8. The Hall–Kier alpha value is -6.36. The quantitative estimate of drug-likeness (QED) is 0.0223. The standard InChI is InChI=1S/C45H74N12O11/c1-6-26(4)36(43(66)52-30(18-13-21-50-45(47)48)39(62)53-31(44(67)68)16-10-11-19-46)57-37(60)27(5)51-40(63)32(22-25(2)3)54-42(65)34(24-35(58)59)56-41(64)33(23-28-14-8-7-9-15-28)55-38(61)29-17-12-20-49-29/h7-9,14-15,25-27,29-34,36,49H,6,10-13,16-24,46H2,1-5H3,(H,51,63)(H,52,66)(H,53,62)(H,54,65)(H,55,61)(H,56,64)(H,57,60)(H,58,59)(H,67,68)(H4,47,48,50)/t26-,27-,29-,30-,31-,32-,33-,34-,36-/m0/s1. The number of guanidine groups is 1. The van der Waals surface area contributed by atoms with Gasteiger partial charge in [0.15, 0.2) is 5.96 Å². The number of rotatable bonds is 31. The van der Waals surface area contributed by atoms with E-state index in [1.165, 1.54) is 6.92 Å². The van der Waals surface area contributed by atoms with Gasteiger partial charge in [0.05, 0.1) is 12.5 Å². The largest absolute Gasteiger partial charge is 0.481 e. The Bertz CT molecular complexity index is 1880. The molecule has 0 radical (unpaired) electrons. The van der Waals surface area contributed by atoms with E-state index in [0.29, 0.717) is 44.3 Å². The highest BCUT2D eigenvalue weighted by Crippen LogP contribution is 2.13. The van der Waals surface area contributed by atoms with Crippen LogP contribution in [0.2, 0.25) is 0 Å². The Morgan fingerprint density at radius 1 is 0.706 bits per heavy atom. The first-order valence-electron chi connectivity index (χ1n) is 23.3. The molecule has 1 aliphatic heterocycles. The first-order valence-corrected chi connectivity index (χ1v) is 23.3. The number of hydrogen-bond acceptors (Lipinski definition) is 12. The summed E-state index contributed by atoms with van der Waals surface area (Å²) in [6, 6.07) is -0.988. The van der Waals surface area contributed by atoms with Crippen LogP contribution in [-0.2, 0) is 49.6 Å². The maximum atomic E-state index is 13.9. The SMILES string of the molecule is CC[C@H](C)[C@H](NC(=O)[C@H](C)NC(=O)[C@H](CC(C)C)NC(=O)[C@H](CC(=O)O)NC(=O)[C@H](Cc1ccccc1)NC(=O)[C@@H]1CCCN1)C(=O)N[C@@H](CCCN=C(N)N)C(=O)N[C@@H](CCCCN)C(=O)O. The maximum absolute atomic E-state index is 13.9. The van der Waals surface area contributed by atoms with Gasteiger partial charge in [-0.2, -0.15) is 0 Å². The molecular formula is C45H74N12O11. The molecule has 9 atom stereocenters. The topological polar surface area (TPSA) is 381 Å². The monoisotopic (exact) mass is 959 g/mol. The zero-order valence-corrected chi connectivity index (χ0v) is 39.8. The van der Waals surface area contributed by atoms with Gasteiger partial charge < -0.3 is 69.9 Å². The fraction of sp³-hybridized carbons (Fsp3) is 0.644. The van der Waals surface area contributed by atoms with Crippen LogP contribution in [0.15, 0.2) is 35.3 Å². The first kappa shape index (κ1) is 57.8. The van der Waals surface area contributed by atoms with Crippen molar-refractivity contribution in [2.75, 3.05) is 19.6 Å². The number of aliphatic imine (C=N–C) groups is 1. The molecule has 68 heavy (non-hydrogen) atoms. The van der Waals surface area contributed by atoms with Crippen molar-refractivity contribution in [2.24, 2.45) is 34.0 Å². The first-order chi connectivity index (χ1) is 32.2. The van der Waals surface area contributed by atoms with Crippen molar-refractivity contribution in [3.8, 4) is 0 Å². The molecule has 0 unspecified atom stereocenters. The van der Waals surface area contributed by atoms with E-state index in [9.17, 15) is 53.4 Å². The van der Waals surface area contributed by atoms with Gasteiger partial charge in [-0.3, -0.25) is 43.3 Å². The zero-order chi connectivity index (χ0) is 50.9. The summed E-state index contributed by atoms with van der Waals surface area (Å²) in [4.78, 5) is 123. The van der Waals surface area contributed by atoms with Gasteiger partial charge in [-0.15, -0.1) is 0 Å². The molecule has 1 saturated heterocycles. The Balaban J connectivity index is 2.26. The number of carbonyl (C=O) groups excluding carboxylic acids is 7. The van der Waals surface area contributed by atoms with E-state index in [2.05, 4.69) is 47.5 Å². The van der Waals surface area contributed by atoms with Gasteiger partial charge in [0.25, 0.3) is 0 Å². The lowest BCUT2D eigenvalue weighted by atomic mass is 9.97. The van der Waals surface area contributed by atoms with E-state index in [1.807, 2.05) is 0 Å². The molecule has 2 rings (SSSR count). The average Bonchev–Trinajstić information content (AvgIpc) is 3.83.